The molecule has 0 radical (unpaired) electrons. The molecular formula is C20H26ClN3O5S. The van der Waals surface area contributed by atoms with E-state index in [1.165, 1.54) is 14.2 Å². The Morgan fingerprint density at radius 2 is 1.70 bits per heavy atom. The van der Waals surface area contributed by atoms with E-state index in [4.69, 9.17) is 15.9 Å². The molecule has 0 spiro atoms. The summed E-state index contributed by atoms with van der Waals surface area (Å²) in [6, 6.07) is 11.9. The van der Waals surface area contributed by atoms with Crippen LogP contribution in [0.1, 0.15) is 24.8 Å². The van der Waals surface area contributed by atoms with Crippen LogP contribution in [0.5, 0.6) is 5.75 Å². The van der Waals surface area contributed by atoms with Crippen LogP contribution in [0.15, 0.2) is 47.4 Å². The SMILES string of the molecule is COC(=O)CCCCNS(=O)(=O)c1cc(-c2ccc(C(=N)N)cc2)ccc1OC.Cl. The first-order valence-corrected chi connectivity index (χ1v) is 10.5. The number of benzene rings is 2. The first-order chi connectivity index (χ1) is 13.8. The Morgan fingerprint density at radius 1 is 1.07 bits per heavy atom. The summed E-state index contributed by atoms with van der Waals surface area (Å²) in [5.74, 6) is -0.125. The summed E-state index contributed by atoms with van der Waals surface area (Å²) in [4.78, 5) is 11.1. The minimum atomic E-state index is -3.81. The number of hydrogen-bond donors (Lipinski definition) is 3. The highest BCUT2D eigenvalue weighted by Crippen LogP contribution is 2.30. The minimum absolute atomic E-state index is 0. The zero-order chi connectivity index (χ0) is 21.4. The van der Waals surface area contributed by atoms with E-state index in [2.05, 4.69) is 9.46 Å². The number of hydrogen-bond acceptors (Lipinski definition) is 6. The Balaban J connectivity index is 0.00000450. The summed E-state index contributed by atoms with van der Waals surface area (Å²) in [5.41, 5.74) is 7.53. The van der Waals surface area contributed by atoms with Crippen LogP contribution in [0, 0.1) is 5.41 Å². The van der Waals surface area contributed by atoms with E-state index >= 15 is 0 Å². The Kier molecular flexibility index (Phi) is 9.77. The number of carbonyl (C=O) groups is 1. The zero-order valence-electron chi connectivity index (χ0n) is 16.8. The molecule has 2 rings (SSSR count). The molecule has 30 heavy (non-hydrogen) atoms. The van der Waals surface area contributed by atoms with Crippen molar-refractivity contribution < 1.29 is 22.7 Å². The summed E-state index contributed by atoms with van der Waals surface area (Å²) < 4.78 is 37.9. The number of rotatable bonds is 10. The van der Waals surface area contributed by atoms with Gasteiger partial charge in [0.15, 0.2) is 0 Å². The highest BCUT2D eigenvalue weighted by molar-refractivity contribution is 7.89. The largest absolute Gasteiger partial charge is 0.495 e. The second-order valence-electron chi connectivity index (χ2n) is 6.29. The maximum atomic E-state index is 12.8. The van der Waals surface area contributed by atoms with Gasteiger partial charge in [-0.2, -0.15) is 0 Å². The lowest BCUT2D eigenvalue weighted by atomic mass is 10.0. The second kappa shape index (κ2) is 11.5. The van der Waals surface area contributed by atoms with E-state index < -0.39 is 10.0 Å². The number of carbonyl (C=O) groups excluding carboxylic acids is 1. The van der Waals surface area contributed by atoms with E-state index in [1.54, 1.807) is 42.5 Å². The minimum Gasteiger partial charge on any atom is -0.495 e. The van der Waals surface area contributed by atoms with Gasteiger partial charge in [-0.05, 0) is 36.1 Å². The van der Waals surface area contributed by atoms with Gasteiger partial charge in [-0.3, -0.25) is 10.2 Å². The van der Waals surface area contributed by atoms with Gasteiger partial charge in [-0.15, -0.1) is 12.4 Å². The number of esters is 1. The van der Waals surface area contributed by atoms with Gasteiger partial charge in [0, 0.05) is 18.5 Å². The van der Waals surface area contributed by atoms with E-state index in [1.807, 2.05) is 0 Å². The van der Waals surface area contributed by atoms with E-state index in [0.29, 0.717) is 24.0 Å². The smallest absolute Gasteiger partial charge is 0.305 e. The molecule has 0 saturated carbocycles. The van der Waals surface area contributed by atoms with Crippen molar-refractivity contribution >= 4 is 34.2 Å². The molecule has 10 heteroatoms. The van der Waals surface area contributed by atoms with Crippen LogP contribution in [0.3, 0.4) is 0 Å². The van der Waals surface area contributed by atoms with Gasteiger partial charge in [0.25, 0.3) is 0 Å². The summed E-state index contributed by atoms with van der Waals surface area (Å²) >= 11 is 0. The summed E-state index contributed by atoms with van der Waals surface area (Å²) in [6.07, 6.45) is 1.27. The monoisotopic (exact) mass is 455 g/mol. The van der Waals surface area contributed by atoms with Gasteiger partial charge < -0.3 is 15.2 Å². The average Bonchev–Trinajstić information content (AvgIpc) is 2.72. The van der Waals surface area contributed by atoms with Crippen molar-refractivity contribution in [3.63, 3.8) is 0 Å². The fourth-order valence-corrected chi connectivity index (χ4v) is 3.96. The summed E-state index contributed by atoms with van der Waals surface area (Å²) in [7, 11) is -1.08. The van der Waals surface area contributed by atoms with Crippen LogP contribution in [0.2, 0.25) is 0 Å². The first-order valence-electron chi connectivity index (χ1n) is 8.98. The maximum Gasteiger partial charge on any atom is 0.305 e. The Morgan fingerprint density at radius 3 is 2.27 bits per heavy atom. The van der Waals surface area contributed by atoms with Gasteiger partial charge in [-0.25, -0.2) is 13.1 Å². The predicted octanol–water partition coefficient (Wildman–Crippen LogP) is 2.69. The van der Waals surface area contributed by atoms with Crippen LogP contribution in [-0.4, -0.2) is 41.0 Å². The number of nitrogens with two attached hydrogens (primary N) is 1. The Hall–Kier alpha value is -2.62. The lowest BCUT2D eigenvalue weighted by molar-refractivity contribution is -0.140. The van der Waals surface area contributed by atoms with E-state index in [-0.39, 0.29) is 47.8 Å². The van der Waals surface area contributed by atoms with Crippen molar-refractivity contribution in [1.82, 2.24) is 4.72 Å². The summed E-state index contributed by atoms with van der Waals surface area (Å²) in [5, 5.41) is 7.46. The fourth-order valence-electron chi connectivity index (χ4n) is 2.69. The zero-order valence-corrected chi connectivity index (χ0v) is 18.4. The molecule has 164 valence electrons. The third kappa shape index (κ3) is 6.72. The van der Waals surface area contributed by atoms with Crippen LogP contribution >= 0.6 is 12.4 Å². The van der Waals surface area contributed by atoms with Crippen LogP contribution < -0.4 is 15.2 Å². The van der Waals surface area contributed by atoms with Gasteiger partial charge in [0.2, 0.25) is 10.0 Å². The third-order valence-corrected chi connectivity index (χ3v) is 5.79. The van der Waals surface area contributed by atoms with Crippen molar-refractivity contribution in [3.05, 3.63) is 48.0 Å². The topological polar surface area (TPSA) is 132 Å². The number of nitrogens with one attached hydrogen (secondary N) is 2. The second-order valence-corrected chi connectivity index (χ2v) is 8.02. The van der Waals surface area contributed by atoms with Crippen molar-refractivity contribution in [1.29, 1.82) is 5.41 Å². The lowest BCUT2D eigenvalue weighted by Gasteiger charge is -2.13. The summed E-state index contributed by atoms with van der Waals surface area (Å²) in [6.45, 7) is 0.194. The predicted molar refractivity (Wildman–Crippen MR) is 118 cm³/mol. The molecular weight excluding hydrogens is 430 g/mol. The lowest BCUT2D eigenvalue weighted by Crippen LogP contribution is -2.25. The van der Waals surface area contributed by atoms with Crippen molar-refractivity contribution in [2.24, 2.45) is 5.73 Å². The molecule has 0 saturated heterocycles. The molecule has 0 aliphatic rings. The number of amidine groups is 1. The highest BCUT2D eigenvalue weighted by Gasteiger charge is 2.20. The van der Waals surface area contributed by atoms with Gasteiger partial charge >= 0.3 is 5.97 Å². The average molecular weight is 456 g/mol. The Bertz CT molecular complexity index is 978. The number of nitrogen functional groups attached to an aromatic ring is 1. The molecule has 0 heterocycles. The van der Waals surface area contributed by atoms with E-state index in [0.717, 1.165) is 5.56 Å². The van der Waals surface area contributed by atoms with Crippen molar-refractivity contribution in [2.45, 2.75) is 24.2 Å². The molecule has 0 aliphatic carbocycles. The number of unbranched alkanes of at least 4 members (excludes halogenated alkanes) is 1. The van der Waals surface area contributed by atoms with Crippen LogP contribution in [0.4, 0.5) is 0 Å². The van der Waals surface area contributed by atoms with Crippen LogP contribution in [0.25, 0.3) is 11.1 Å². The molecule has 2 aromatic rings. The van der Waals surface area contributed by atoms with Gasteiger partial charge in [-0.1, -0.05) is 30.3 Å². The maximum absolute atomic E-state index is 12.8. The fraction of sp³-hybridized carbons (Fsp3) is 0.300. The van der Waals surface area contributed by atoms with Gasteiger partial charge in [0.05, 0.1) is 14.2 Å². The molecule has 4 N–H and O–H groups in total. The number of methoxy groups -OCH3 is 2. The highest BCUT2D eigenvalue weighted by atomic mass is 35.5. The quantitative estimate of drug-likeness (QED) is 0.218. The normalized spacial score (nSPS) is 10.7. The number of sulfonamides is 1. The van der Waals surface area contributed by atoms with Crippen molar-refractivity contribution in [3.8, 4) is 16.9 Å². The molecule has 2 aromatic carbocycles. The molecule has 0 aromatic heterocycles. The number of ether oxygens (including phenoxy) is 2. The van der Waals surface area contributed by atoms with E-state index in [9.17, 15) is 13.2 Å². The van der Waals surface area contributed by atoms with Crippen molar-refractivity contribution in [2.75, 3.05) is 20.8 Å². The third-order valence-electron chi connectivity index (χ3n) is 4.31. The standard InChI is InChI=1S/C20H25N3O5S.ClH/c1-27-17-11-10-16(14-6-8-15(9-7-14)20(21)22)13-18(17)29(25,26)23-12-4-3-5-19(24)28-2;/h6-11,13,23H,3-5,12H2,1-2H3,(H3,21,22);1H. The molecule has 0 atom stereocenters. The van der Waals surface area contributed by atoms with Gasteiger partial charge in [0.1, 0.15) is 16.5 Å². The molecule has 0 amide bonds. The molecule has 0 fully saturated rings. The first kappa shape index (κ1) is 25.4. The number of halogens is 1. The molecule has 8 nitrogen and oxygen atoms in total. The molecule has 0 aliphatic heterocycles. The molecule has 0 bridgehead atoms. The Labute approximate surface area is 182 Å². The van der Waals surface area contributed by atoms with Crippen LogP contribution in [-0.2, 0) is 19.6 Å². The molecule has 0 unspecified atom stereocenters.